The highest BCUT2D eigenvalue weighted by Gasteiger charge is 2.23. The maximum atomic E-state index is 11.7. The molecular weight excluding hydrogens is 465 g/mol. The third kappa shape index (κ3) is 7.26. The number of aromatic nitrogens is 1. The van der Waals surface area contributed by atoms with E-state index >= 15 is 0 Å². The Kier molecular flexibility index (Phi) is 10.9. The second-order valence-electron chi connectivity index (χ2n) is 5.93. The molecule has 26 heavy (non-hydrogen) atoms. The lowest BCUT2D eigenvalue weighted by molar-refractivity contribution is 0.0963. The number of aryl methyl sites for hydroxylation is 1. The van der Waals surface area contributed by atoms with Crippen LogP contribution in [0.5, 0.6) is 0 Å². The van der Waals surface area contributed by atoms with Gasteiger partial charge >= 0.3 is 6.09 Å². The Balaban J connectivity index is 0.00000338. The van der Waals surface area contributed by atoms with E-state index < -0.39 is 0 Å². The summed E-state index contributed by atoms with van der Waals surface area (Å²) in [5.74, 6) is 0.807. The number of nitrogens with one attached hydrogen (secondary N) is 2. The van der Waals surface area contributed by atoms with Gasteiger partial charge in [0.15, 0.2) is 5.96 Å². The van der Waals surface area contributed by atoms with Gasteiger partial charge in [-0.05, 0) is 26.2 Å². The van der Waals surface area contributed by atoms with Gasteiger partial charge in [0.1, 0.15) is 0 Å². The van der Waals surface area contributed by atoms with E-state index in [9.17, 15) is 4.79 Å². The number of carbonyl (C=O) groups excluding carboxylic acids is 1. The molecule has 0 atom stereocenters. The SMILES string of the molecule is CCOC(=O)N1CCC(NC(=NC)NCCc2ncc(CC)s2)CC1.I. The van der Waals surface area contributed by atoms with Gasteiger partial charge in [0.25, 0.3) is 0 Å². The highest BCUT2D eigenvalue weighted by atomic mass is 127. The molecule has 9 heteroatoms. The molecule has 2 rings (SSSR count). The number of hydrogen-bond acceptors (Lipinski definition) is 5. The number of nitrogens with zero attached hydrogens (tertiary/aromatic N) is 3. The van der Waals surface area contributed by atoms with Crippen LogP contribution in [0.3, 0.4) is 0 Å². The minimum Gasteiger partial charge on any atom is -0.450 e. The summed E-state index contributed by atoms with van der Waals surface area (Å²) in [4.78, 5) is 23.5. The molecule has 1 aliphatic heterocycles. The molecular formula is C17H30IN5O2S. The van der Waals surface area contributed by atoms with Crippen LogP contribution in [0.15, 0.2) is 11.2 Å². The molecule has 1 aromatic heterocycles. The predicted molar refractivity (Wildman–Crippen MR) is 117 cm³/mol. The van der Waals surface area contributed by atoms with E-state index in [4.69, 9.17) is 4.74 Å². The minimum absolute atomic E-state index is 0. The second kappa shape index (κ2) is 12.3. The van der Waals surface area contributed by atoms with Gasteiger partial charge in [-0.2, -0.15) is 0 Å². The zero-order chi connectivity index (χ0) is 18.1. The molecule has 0 radical (unpaired) electrons. The van der Waals surface area contributed by atoms with Crippen molar-refractivity contribution in [3.8, 4) is 0 Å². The molecule has 0 bridgehead atoms. The largest absolute Gasteiger partial charge is 0.450 e. The number of guanidine groups is 1. The summed E-state index contributed by atoms with van der Waals surface area (Å²) in [6.45, 7) is 6.63. The van der Waals surface area contributed by atoms with Gasteiger partial charge in [-0.25, -0.2) is 9.78 Å². The van der Waals surface area contributed by atoms with Crippen LogP contribution in [-0.2, 0) is 17.6 Å². The molecule has 0 aliphatic carbocycles. The van der Waals surface area contributed by atoms with Crippen molar-refractivity contribution < 1.29 is 9.53 Å². The Labute approximate surface area is 177 Å². The Morgan fingerprint density at radius 1 is 1.42 bits per heavy atom. The van der Waals surface area contributed by atoms with Crippen molar-refractivity contribution in [3.05, 3.63) is 16.1 Å². The van der Waals surface area contributed by atoms with Crippen LogP contribution in [0.4, 0.5) is 4.79 Å². The summed E-state index contributed by atoms with van der Waals surface area (Å²) in [7, 11) is 1.78. The number of amides is 1. The number of piperidine rings is 1. The van der Waals surface area contributed by atoms with Crippen molar-refractivity contribution >= 4 is 47.4 Å². The van der Waals surface area contributed by atoms with Crippen LogP contribution in [0.1, 0.15) is 36.6 Å². The summed E-state index contributed by atoms with van der Waals surface area (Å²) >= 11 is 1.77. The molecule has 148 valence electrons. The zero-order valence-corrected chi connectivity index (χ0v) is 18.9. The fraction of sp³-hybridized carbons (Fsp3) is 0.706. The normalized spacial score (nSPS) is 15.3. The van der Waals surface area contributed by atoms with Crippen molar-refractivity contribution in [2.45, 2.75) is 45.6 Å². The number of ether oxygens (including phenoxy) is 1. The number of aliphatic imine (C=N–C) groups is 1. The summed E-state index contributed by atoms with van der Waals surface area (Å²) in [6, 6.07) is 0.323. The molecule has 1 amide bonds. The number of hydrogen-bond donors (Lipinski definition) is 2. The number of carbonyl (C=O) groups is 1. The fourth-order valence-electron chi connectivity index (χ4n) is 2.72. The Hall–Kier alpha value is -1.10. The highest BCUT2D eigenvalue weighted by molar-refractivity contribution is 14.0. The van der Waals surface area contributed by atoms with Crippen molar-refractivity contribution in [3.63, 3.8) is 0 Å². The minimum atomic E-state index is -0.210. The predicted octanol–water partition coefficient (Wildman–Crippen LogP) is 2.65. The number of thiazole rings is 1. The van der Waals surface area contributed by atoms with Crippen LogP contribution < -0.4 is 10.6 Å². The van der Waals surface area contributed by atoms with Crippen molar-refractivity contribution in [2.24, 2.45) is 4.99 Å². The van der Waals surface area contributed by atoms with E-state index in [1.807, 2.05) is 13.1 Å². The van der Waals surface area contributed by atoms with Crippen LogP contribution in [-0.4, -0.2) is 61.3 Å². The summed E-state index contributed by atoms with van der Waals surface area (Å²) in [6.07, 6.45) is 5.48. The van der Waals surface area contributed by atoms with Gasteiger partial charge < -0.3 is 20.3 Å². The Morgan fingerprint density at radius 3 is 2.73 bits per heavy atom. The van der Waals surface area contributed by atoms with E-state index in [2.05, 4.69) is 27.5 Å². The first-order valence-electron chi connectivity index (χ1n) is 8.98. The lowest BCUT2D eigenvalue weighted by Crippen LogP contribution is -2.50. The zero-order valence-electron chi connectivity index (χ0n) is 15.8. The maximum absolute atomic E-state index is 11.7. The Morgan fingerprint density at radius 2 is 2.15 bits per heavy atom. The third-order valence-electron chi connectivity index (χ3n) is 4.17. The van der Waals surface area contributed by atoms with Crippen LogP contribution >= 0.6 is 35.3 Å². The standard InChI is InChI=1S/C17H29N5O2S.HI/c1-4-14-12-20-15(25-14)6-9-19-16(18-3)21-13-7-10-22(11-8-13)17(23)24-5-2;/h12-13H,4-11H2,1-3H3,(H2,18,19,21);1H. The van der Waals surface area contributed by atoms with E-state index in [0.29, 0.717) is 25.7 Å². The monoisotopic (exact) mass is 495 g/mol. The first-order valence-corrected chi connectivity index (χ1v) is 9.80. The van der Waals surface area contributed by atoms with Crippen molar-refractivity contribution in [2.75, 3.05) is 33.3 Å². The molecule has 1 saturated heterocycles. The summed E-state index contributed by atoms with van der Waals surface area (Å²) < 4.78 is 5.05. The third-order valence-corrected chi connectivity index (χ3v) is 5.37. The van der Waals surface area contributed by atoms with Crippen molar-refractivity contribution in [1.82, 2.24) is 20.5 Å². The van der Waals surface area contributed by atoms with E-state index in [-0.39, 0.29) is 30.1 Å². The average Bonchev–Trinajstić information content (AvgIpc) is 3.09. The van der Waals surface area contributed by atoms with Gasteiger partial charge in [0.2, 0.25) is 0 Å². The fourth-order valence-corrected chi connectivity index (χ4v) is 3.59. The van der Waals surface area contributed by atoms with Crippen LogP contribution in [0, 0.1) is 0 Å². The molecule has 0 saturated carbocycles. The maximum Gasteiger partial charge on any atom is 0.409 e. The molecule has 2 N–H and O–H groups in total. The van der Waals surface area contributed by atoms with Gasteiger partial charge in [0.05, 0.1) is 11.6 Å². The molecule has 0 spiro atoms. The Bertz CT molecular complexity index is 573. The van der Waals surface area contributed by atoms with E-state index in [1.165, 1.54) is 4.88 Å². The first-order chi connectivity index (χ1) is 12.2. The van der Waals surface area contributed by atoms with Crippen molar-refractivity contribution in [1.29, 1.82) is 0 Å². The smallest absolute Gasteiger partial charge is 0.409 e. The van der Waals surface area contributed by atoms with Crippen LogP contribution in [0.2, 0.25) is 0 Å². The first kappa shape index (κ1) is 22.9. The van der Waals surface area contributed by atoms with Gasteiger partial charge in [-0.1, -0.05) is 6.92 Å². The number of likely N-dealkylation sites (tertiary alicyclic amines) is 1. The average molecular weight is 495 g/mol. The second-order valence-corrected chi connectivity index (χ2v) is 7.13. The van der Waals surface area contributed by atoms with Gasteiger partial charge in [0, 0.05) is 50.2 Å². The number of rotatable bonds is 6. The quantitative estimate of drug-likeness (QED) is 0.361. The van der Waals surface area contributed by atoms with E-state index in [1.54, 1.807) is 23.3 Å². The molecule has 0 aromatic carbocycles. The molecule has 1 aliphatic rings. The summed E-state index contributed by atoms with van der Waals surface area (Å²) in [5, 5.41) is 7.95. The van der Waals surface area contributed by atoms with E-state index in [0.717, 1.165) is 43.2 Å². The summed E-state index contributed by atoms with van der Waals surface area (Å²) in [5.41, 5.74) is 0. The molecule has 0 unspecified atom stereocenters. The molecule has 7 nitrogen and oxygen atoms in total. The van der Waals surface area contributed by atoms with Crippen LogP contribution in [0.25, 0.3) is 0 Å². The lowest BCUT2D eigenvalue weighted by atomic mass is 10.1. The topological polar surface area (TPSA) is 78.8 Å². The highest BCUT2D eigenvalue weighted by Crippen LogP contribution is 2.13. The molecule has 1 aromatic rings. The molecule has 1 fully saturated rings. The lowest BCUT2D eigenvalue weighted by Gasteiger charge is -2.32. The molecule has 2 heterocycles. The number of halogens is 1. The van der Waals surface area contributed by atoms with Gasteiger partial charge in [-0.15, -0.1) is 35.3 Å². The van der Waals surface area contributed by atoms with Gasteiger partial charge in [-0.3, -0.25) is 4.99 Å².